The van der Waals surface area contributed by atoms with Gasteiger partial charge in [0.25, 0.3) is 5.91 Å². The zero-order valence-corrected chi connectivity index (χ0v) is 11.6. The highest BCUT2D eigenvalue weighted by Gasteiger charge is 2.26. The van der Waals surface area contributed by atoms with Gasteiger partial charge < -0.3 is 15.4 Å². The Balaban J connectivity index is 1.93. The smallest absolute Gasteiger partial charge is 0.263 e. The van der Waals surface area contributed by atoms with Crippen LogP contribution < -0.4 is 10.5 Å². The first kappa shape index (κ1) is 13.9. The van der Waals surface area contributed by atoms with Crippen molar-refractivity contribution in [3.63, 3.8) is 0 Å². The molecule has 1 aliphatic heterocycles. The molecule has 19 heavy (non-hydrogen) atoms. The minimum Gasteiger partial charge on any atom is -0.481 e. The molecule has 0 radical (unpaired) electrons. The number of benzene rings is 1. The van der Waals surface area contributed by atoms with Crippen molar-refractivity contribution >= 4 is 5.91 Å². The standard InChI is InChI=1S/C15H22N2O2/c1-11-5-7-14(8-6-11)19-12(2)15(18)17-9-3-4-13(16)10-17/h5-8,12-13H,3-4,9-10,16H2,1-2H3. The molecule has 4 heteroatoms. The van der Waals surface area contributed by atoms with Crippen LogP contribution in [0.1, 0.15) is 25.3 Å². The maximum atomic E-state index is 12.3. The summed E-state index contributed by atoms with van der Waals surface area (Å²) in [7, 11) is 0. The van der Waals surface area contributed by atoms with E-state index in [2.05, 4.69) is 0 Å². The number of likely N-dealkylation sites (tertiary alicyclic amines) is 1. The minimum absolute atomic E-state index is 0.0238. The van der Waals surface area contributed by atoms with E-state index < -0.39 is 6.10 Å². The van der Waals surface area contributed by atoms with Gasteiger partial charge >= 0.3 is 0 Å². The number of aryl methyl sites for hydroxylation is 1. The lowest BCUT2D eigenvalue weighted by Gasteiger charge is -2.32. The zero-order valence-electron chi connectivity index (χ0n) is 11.6. The van der Waals surface area contributed by atoms with Gasteiger partial charge in [0.05, 0.1) is 0 Å². The largest absolute Gasteiger partial charge is 0.481 e. The van der Waals surface area contributed by atoms with Crippen LogP contribution in [-0.2, 0) is 4.79 Å². The molecule has 1 saturated heterocycles. The van der Waals surface area contributed by atoms with Gasteiger partial charge in [0.2, 0.25) is 0 Å². The van der Waals surface area contributed by atoms with Gasteiger partial charge in [0, 0.05) is 19.1 Å². The number of nitrogens with two attached hydrogens (primary N) is 1. The Hall–Kier alpha value is -1.55. The van der Waals surface area contributed by atoms with Crippen LogP contribution in [0.5, 0.6) is 5.75 Å². The Labute approximate surface area is 114 Å². The molecule has 2 atom stereocenters. The lowest BCUT2D eigenvalue weighted by Crippen LogP contribution is -2.49. The van der Waals surface area contributed by atoms with Gasteiger partial charge in [0.1, 0.15) is 5.75 Å². The second-order valence-corrected chi connectivity index (χ2v) is 5.26. The molecule has 2 rings (SSSR count). The SMILES string of the molecule is Cc1ccc(OC(C)C(=O)N2CCCC(N)C2)cc1. The summed E-state index contributed by atoms with van der Waals surface area (Å²) >= 11 is 0. The molecule has 1 amide bonds. The quantitative estimate of drug-likeness (QED) is 0.902. The van der Waals surface area contributed by atoms with Crippen molar-refractivity contribution in [2.75, 3.05) is 13.1 Å². The van der Waals surface area contributed by atoms with Gasteiger partial charge in [-0.05, 0) is 38.8 Å². The molecule has 0 bridgehead atoms. The molecule has 1 aromatic rings. The van der Waals surface area contributed by atoms with Gasteiger partial charge in [0.15, 0.2) is 6.10 Å². The Morgan fingerprint density at radius 1 is 1.42 bits per heavy atom. The molecule has 4 nitrogen and oxygen atoms in total. The first-order valence-electron chi connectivity index (χ1n) is 6.84. The number of carbonyl (C=O) groups is 1. The van der Waals surface area contributed by atoms with Crippen LogP contribution in [0.2, 0.25) is 0 Å². The molecule has 0 saturated carbocycles. The summed E-state index contributed by atoms with van der Waals surface area (Å²) in [6, 6.07) is 7.83. The van der Waals surface area contributed by atoms with Gasteiger partial charge in [-0.2, -0.15) is 0 Å². The Kier molecular flexibility index (Phi) is 4.43. The van der Waals surface area contributed by atoms with Crippen molar-refractivity contribution in [3.8, 4) is 5.75 Å². The summed E-state index contributed by atoms with van der Waals surface area (Å²) in [5, 5.41) is 0. The Bertz CT molecular complexity index is 430. The Morgan fingerprint density at radius 3 is 2.74 bits per heavy atom. The van der Waals surface area contributed by atoms with E-state index in [9.17, 15) is 4.79 Å². The maximum Gasteiger partial charge on any atom is 0.263 e. The number of hydrogen-bond acceptors (Lipinski definition) is 3. The van der Waals surface area contributed by atoms with Crippen molar-refractivity contribution in [2.45, 2.75) is 38.8 Å². The number of ether oxygens (including phenoxy) is 1. The van der Waals surface area contributed by atoms with E-state index in [1.54, 1.807) is 6.92 Å². The maximum absolute atomic E-state index is 12.3. The third kappa shape index (κ3) is 3.70. The van der Waals surface area contributed by atoms with Gasteiger partial charge in [-0.25, -0.2) is 0 Å². The zero-order chi connectivity index (χ0) is 13.8. The number of piperidine rings is 1. The van der Waals surface area contributed by atoms with E-state index in [4.69, 9.17) is 10.5 Å². The summed E-state index contributed by atoms with van der Waals surface area (Å²) in [4.78, 5) is 14.1. The van der Waals surface area contributed by atoms with E-state index >= 15 is 0 Å². The summed E-state index contributed by atoms with van der Waals surface area (Å²) in [5.74, 6) is 0.753. The number of carbonyl (C=O) groups excluding carboxylic acids is 1. The number of amides is 1. The van der Waals surface area contributed by atoms with E-state index in [1.165, 1.54) is 5.56 Å². The van der Waals surface area contributed by atoms with Crippen molar-refractivity contribution in [1.29, 1.82) is 0 Å². The predicted molar refractivity (Wildman–Crippen MR) is 75.1 cm³/mol. The number of hydrogen-bond donors (Lipinski definition) is 1. The summed E-state index contributed by atoms with van der Waals surface area (Å²) in [6.45, 7) is 5.24. The lowest BCUT2D eigenvalue weighted by molar-refractivity contribution is -0.139. The second-order valence-electron chi connectivity index (χ2n) is 5.26. The molecule has 2 unspecified atom stereocenters. The topological polar surface area (TPSA) is 55.6 Å². The number of nitrogens with zero attached hydrogens (tertiary/aromatic N) is 1. The summed E-state index contributed by atoms with van der Waals surface area (Å²) < 4.78 is 5.69. The Morgan fingerprint density at radius 2 is 2.11 bits per heavy atom. The van der Waals surface area contributed by atoms with Crippen molar-refractivity contribution in [1.82, 2.24) is 4.90 Å². The van der Waals surface area contributed by atoms with Crippen LogP contribution >= 0.6 is 0 Å². The molecule has 0 aliphatic carbocycles. The first-order chi connectivity index (χ1) is 9.06. The molecule has 2 N–H and O–H groups in total. The normalized spacial score (nSPS) is 21.0. The van der Waals surface area contributed by atoms with Crippen LogP contribution in [0, 0.1) is 6.92 Å². The highest BCUT2D eigenvalue weighted by atomic mass is 16.5. The molecule has 1 heterocycles. The molecular weight excluding hydrogens is 240 g/mol. The molecular formula is C15H22N2O2. The number of rotatable bonds is 3. The molecule has 1 fully saturated rings. The second kappa shape index (κ2) is 6.06. The molecule has 1 aromatic carbocycles. The average molecular weight is 262 g/mol. The third-order valence-corrected chi connectivity index (χ3v) is 3.45. The lowest BCUT2D eigenvalue weighted by atomic mass is 10.1. The van der Waals surface area contributed by atoms with Crippen LogP contribution in [0.3, 0.4) is 0 Å². The van der Waals surface area contributed by atoms with E-state index in [1.807, 2.05) is 36.1 Å². The van der Waals surface area contributed by atoms with Gasteiger partial charge in [-0.3, -0.25) is 4.79 Å². The first-order valence-corrected chi connectivity index (χ1v) is 6.84. The highest BCUT2D eigenvalue weighted by molar-refractivity contribution is 5.81. The molecule has 1 aliphatic rings. The van der Waals surface area contributed by atoms with Gasteiger partial charge in [-0.15, -0.1) is 0 Å². The monoisotopic (exact) mass is 262 g/mol. The van der Waals surface area contributed by atoms with E-state index in [-0.39, 0.29) is 11.9 Å². The van der Waals surface area contributed by atoms with Crippen LogP contribution in [0.4, 0.5) is 0 Å². The van der Waals surface area contributed by atoms with Crippen LogP contribution in [0.25, 0.3) is 0 Å². The van der Waals surface area contributed by atoms with E-state index in [0.29, 0.717) is 6.54 Å². The fraction of sp³-hybridized carbons (Fsp3) is 0.533. The third-order valence-electron chi connectivity index (χ3n) is 3.45. The fourth-order valence-corrected chi connectivity index (χ4v) is 2.34. The fourth-order valence-electron chi connectivity index (χ4n) is 2.34. The minimum atomic E-state index is -0.465. The van der Waals surface area contributed by atoms with E-state index in [0.717, 1.165) is 25.1 Å². The average Bonchev–Trinajstić information content (AvgIpc) is 2.40. The summed E-state index contributed by atoms with van der Waals surface area (Å²) in [5.41, 5.74) is 7.07. The van der Waals surface area contributed by atoms with Crippen LogP contribution in [0.15, 0.2) is 24.3 Å². The predicted octanol–water partition coefficient (Wildman–Crippen LogP) is 1.71. The van der Waals surface area contributed by atoms with Crippen LogP contribution in [-0.4, -0.2) is 36.0 Å². The highest BCUT2D eigenvalue weighted by Crippen LogP contribution is 2.16. The molecule has 0 spiro atoms. The van der Waals surface area contributed by atoms with Crippen molar-refractivity contribution in [3.05, 3.63) is 29.8 Å². The summed E-state index contributed by atoms with van der Waals surface area (Å²) in [6.07, 6.45) is 1.51. The molecule has 0 aromatic heterocycles. The molecule has 104 valence electrons. The van der Waals surface area contributed by atoms with Crippen molar-refractivity contribution < 1.29 is 9.53 Å². The van der Waals surface area contributed by atoms with Crippen molar-refractivity contribution in [2.24, 2.45) is 5.73 Å². The van der Waals surface area contributed by atoms with Gasteiger partial charge in [-0.1, -0.05) is 17.7 Å².